The van der Waals surface area contributed by atoms with Crippen molar-refractivity contribution >= 4 is 27.5 Å². The monoisotopic (exact) mass is 583 g/mol. The molecule has 4 rings (SSSR count). The summed E-state index contributed by atoms with van der Waals surface area (Å²) in [6, 6.07) is 18.0. The number of sulfonamides is 1. The van der Waals surface area contributed by atoms with Gasteiger partial charge in [0.1, 0.15) is 17.7 Å². The second kappa shape index (κ2) is 12.8. The van der Waals surface area contributed by atoms with Gasteiger partial charge in [0.2, 0.25) is 15.9 Å². The summed E-state index contributed by atoms with van der Waals surface area (Å²) in [6.07, 6.45) is -0.515. The Morgan fingerprint density at radius 1 is 1.15 bits per heavy atom. The summed E-state index contributed by atoms with van der Waals surface area (Å²) < 4.78 is 47.2. The highest BCUT2D eigenvalue weighted by Gasteiger charge is 2.35. The summed E-state index contributed by atoms with van der Waals surface area (Å²) in [6.45, 7) is 3.44. The molecular weight excluding hydrogens is 549 g/mol. The number of aliphatic hydroxyl groups excluding tert-OH is 1. The molecule has 0 spiro atoms. The van der Waals surface area contributed by atoms with E-state index in [2.05, 4.69) is 5.32 Å². The lowest BCUT2D eigenvalue weighted by Gasteiger charge is -2.38. The van der Waals surface area contributed by atoms with Gasteiger partial charge in [-0.05, 0) is 55.0 Å². The molecule has 3 aromatic carbocycles. The third-order valence-corrected chi connectivity index (χ3v) is 8.95. The van der Waals surface area contributed by atoms with Crippen molar-refractivity contribution < 1.29 is 32.2 Å². The average Bonchev–Trinajstić information content (AvgIpc) is 2.95. The number of hydrogen-bond acceptors (Lipinski definition) is 6. The maximum atomic E-state index is 13.7. The average molecular weight is 584 g/mol. The van der Waals surface area contributed by atoms with E-state index in [-0.39, 0.29) is 60.1 Å². The Kier molecular flexibility index (Phi) is 9.42. The van der Waals surface area contributed by atoms with E-state index in [4.69, 9.17) is 4.74 Å². The molecule has 0 fully saturated rings. The van der Waals surface area contributed by atoms with E-state index in [0.29, 0.717) is 5.69 Å². The van der Waals surface area contributed by atoms with Crippen LogP contribution in [0.5, 0.6) is 5.75 Å². The van der Waals surface area contributed by atoms with Crippen LogP contribution in [0.4, 0.5) is 10.1 Å². The Bertz CT molecular complexity index is 1480. The van der Waals surface area contributed by atoms with Crippen molar-refractivity contribution in [3.05, 3.63) is 89.7 Å². The molecule has 0 saturated heterocycles. The Morgan fingerprint density at radius 2 is 1.83 bits per heavy atom. The lowest BCUT2D eigenvalue weighted by molar-refractivity contribution is -0.115. The van der Waals surface area contributed by atoms with Gasteiger partial charge in [0, 0.05) is 25.2 Å². The normalized spacial score (nSPS) is 18.2. The first-order chi connectivity index (χ1) is 19.5. The molecule has 1 aliphatic heterocycles. The predicted octanol–water partition coefficient (Wildman–Crippen LogP) is 3.55. The molecule has 11 heteroatoms. The van der Waals surface area contributed by atoms with Crippen molar-refractivity contribution in [2.75, 3.05) is 32.1 Å². The Balaban J connectivity index is 1.61. The Hall–Kier alpha value is -3.80. The number of likely N-dealkylation sites (N-methyl/N-ethyl adjacent to an activating group) is 1. The maximum Gasteiger partial charge on any atom is 0.258 e. The molecule has 0 radical (unpaired) electrons. The first kappa shape index (κ1) is 30.2. The van der Waals surface area contributed by atoms with E-state index in [1.807, 2.05) is 37.3 Å². The van der Waals surface area contributed by atoms with E-state index < -0.39 is 28.0 Å². The number of rotatable bonds is 9. The van der Waals surface area contributed by atoms with Crippen LogP contribution in [0.25, 0.3) is 0 Å². The third-order valence-electron chi connectivity index (χ3n) is 7.11. The number of nitrogens with zero attached hydrogens (tertiary/aromatic N) is 2. The van der Waals surface area contributed by atoms with E-state index in [1.54, 1.807) is 19.1 Å². The number of aliphatic hydroxyl groups is 1. The maximum absolute atomic E-state index is 13.7. The topological polar surface area (TPSA) is 116 Å². The molecule has 2 N–H and O–H groups in total. The van der Waals surface area contributed by atoms with Crippen molar-refractivity contribution in [2.45, 2.75) is 37.3 Å². The lowest BCUT2D eigenvalue weighted by Crippen LogP contribution is -2.50. The molecule has 1 aliphatic rings. The van der Waals surface area contributed by atoms with Crippen LogP contribution in [0.15, 0.2) is 77.7 Å². The number of carbonyl (C=O) groups is 2. The molecular formula is C30H34FN3O6S. The fourth-order valence-electron chi connectivity index (χ4n) is 4.64. The van der Waals surface area contributed by atoms with Crippen LogP contribution in [0.3, 0.4) is 0 Å². The van der Waals surface area contributed by atoms with Crippen LogP contribution >= 0.6 is 0 Å². The molecule has 2 amide bonds. The zero-order valence-corrected chi connectivity index (χ0v) is 24.0. The number of hydrogen-bond donors (Lipinski definition) is 2. The number of ether oxygens (including phenoxy) is 1. The number of benzene rings is 3. The van der Waals surface area contributed by atoms with Gasteiger partial charge in [-0.15, -0.1) is 0 Å². The van der Waals surface area contributed by atoms with E-state index >= 15 is 0 Å². The summed E-state index contributed by atoms with van der Waals surface area (Å²) in [5.41, 5.74) is 1.43. The number of amides is 2. The SMILES string of the molecule is C[C@H]1CN([C@@H](C)CO)C(=O)c2cc(NC(=O)Cc3ccccc3)ccc2O[C@@H]1CN(C)S(=O)(=O)c1ccc(F)cc1. The van der Waals surface area contributed by atoms with E-state index in [0.717, 1.165) is 22.0 Å². The largest absolute Gasteiger partial charge is 0.488 e. The molecule has 218 valence electrons. The number of halogens is 1. The van der Waals surface area contributed by atoms with Gasteiger partial charge in [-0.2, -0.15) is 4.31 Å². The standard InChI is InChI=1S/C30H34FN3O6S/c1-20-17-34(21(2)19-35)30(37)26-16-24(32-29(36)15-22-7-5-4-6-8-22)11-14-27(26)40-28(20)18-33(3)41(38,39)25-12-9-23(31)10-13-25/h4-14,16,20-21,28,35H,15,17-19H2,1-3H3,(H,32,36)/t20-,21-,28+/m0/s1. The number of fused-ring (bicyclic) bond motifs is 1. The number of carbonyl (C=O) groups excluding carboxylic acids is 2. The third kappa shape index (κ3) is 7.10. The molecule has 3 aromatic rings. The van der Waals surface area contributed by atoms with Crippen LogP contribution in [0, 0.1) is 11.7 Å². The van der Waals surface area contributed by atoms with E-state index in [9.17, 15) is 27.5 Å². The Morgan fingerprint density at radius 3 is 2.49 bits per heavy atom. The van der Waals surface area contributed by atoms with Gasteiger partial charge < -0.3 is 20.1 Å². The lowest BCUT2D eigenvalue weighted by atomic mass is 9.99. The summed E-state index contributed by atoms with van der Waals surface area (Å²) in [5.74, 6) is -1.26. The van der Waals surface area contributed by atoms with Crippen molar-refractivity contribution in [3.63, 3.8) is 0 Å². The molecule has 41 heavy (non-hydrogen) atoms. The predicted molar refractivity (Wildman–Crippen MR) is 153 cm³/mol. The van der Waals surface area contributed by atoms with Crippen LogP contribution in [-0.4, -0.2) is 73.4 Å². The molecule has 0 saturated carbocycles. The minimum atomic E-state index is -3.95. The van der Waals surface area contributed by atoms with Gasteiger partial charge in [0.25, 0.3) is 5.91 Å². The minimum Gasteiger partial charge on any atom is -0.488 e. The molecule has 0 bridgehead atoms. The zero-order chi connectivity index (χ0) is 29.7. The molecule has 1 heterocycles. The highest BCUT2D eigenvalue weighted by Crippen LogP contribution is 2.31. The van der Waals surface area contributed by atoms with Crippen LogP contribution < -0.4 is 10.1 Å². The van der Waals surface area contributed by atoms with Gasteiger partial charge in [-0.1, -0.05) is 37.3 Å². The fourth-order valence-corrected chi connectivity index (χ4v) is 5.83. The highest BCUT2D eigenvalue weighted by atomic mass is 32.2. The minimum absolute atomic E-state index is 0.0502. The summed E-state index contributed by atoms with van der Waals surface area (Å²) in [7, 11) is -2.53. The molecule has 0 aliphatic carbocycles. The van der Waals surface area contributed by atoms with Crippen molar-refractivity contribution in [2.24, 2.45) is 5.92 Å². The Labute approximate surface area is 239 Å². The molecule has 9 nitrogen and oxygen atoms in total. The van der Waals surface area contributed by atoms with Crippen molar-refractivity contribution in [1.82, 2.24) is 9.21 Å². The van der Waals surface area contributed by atoms with Crippen molar-refractivity contribution in [1.29, 1.82) is 0 Å². The molecule has 0 unspecified atom stereocenters. The van der Waals surface area contributed by atoms with Gasteiger partial charge in [0.15, 0.2) is 0 Å². The first-order valence-electron chi connectivity index (χ1n) is 13.3. The fraction of sp³-hybridized carbons (Fsp3) is 0.333. The number of anilines is 1. The first-order valence-corrected chi connectivity index (χ1v) is 14.7. The summed E-state index contributed by atoms with van der Waals surface area (Å²) in [5, 5.41) is 12.7. The zero-order valence-electron chi connectivity index (χ0n) is 23.2. The van der Waals surface area contributed by atoms with E-state index in [1.165, 1.54) is 30.1 Å². The number of nitrogens with one attached hydrogen (secondary N) is 1. The highest BCUT2D eigenvalue weighted by molar-refractivity contribution is 7.89. The van der Waals surface area contributed by atoms with Crippen LogP contribution in [0.2, 0.25) is 0 Å². The second-order valence-electron chi connectivity index (χ2n) is 10.3. The molecule has 3 atom stereocenters. The summed E-state index contributed by atoms with van der Waals surface area (Å²) in [4.78, 5) is 27.8. The van der Waals surface area contributed by atoms with Crippen LogP contribution in [0.1, 0.15) is 29.8 Å². The summed E-state index contributed by atoms with van der Waals surface area (Å²) >= 11 is 0. The van der Waals surface area contributed by atoms with Gasteiger partial charge in [-0.3, -0.25) is 9.59 Å². The molecule has 0 aromatic heterocycles. The van der Waals surface area contributed by atoms with Gasteiger partial charge in [0.05, 0.1) is 36.1 Å². The van der Waals surface area contributed by atoms with Gasteiger partial charge in [-0.25, -0.2) is 12.8 Å². The van der Waals surface area contributed by atoms with Gasteiger partial charge >= 0.3 is 0 Å². The smallest absolute Gasteiger partial charge is 0.258 e. The van der Waals surface area contributed by atoms with Crippen molar-refractivity contribution in [3.8, 4) is 5.75 Å². The quantitative estimate of drug-likeness (QED) is 0.398. The second-order valence-corrected chi connectivity index (χ2v) is 12.3. The van der Waals surface area contributed by atoms with Crippen LogP contribution in [-0.2, 0) is 21.2 Å².